The van der Waals surface area contributed by atoms with Crippen LogP contribution >= 0.6 is 77.0 Å². The summed E-state index contributed by atoms with van der Waals surface area (Å²) in [6.45, 7) is 0. The highest BCUT2D eigenvalue weighted by atomic mass is 127. The highest BCUT2D eigenvalue weighted by Crippen LogP contribution is 2.61. The van der Waals surface area contributed by atoms with Crippen LogP contribution in [0.2, 0.25) is 0 Å². The molecule has 0 unspecified atom stereocenters. The van der Waals surface area contributed by atoms with Gasteiger partial charge in [-0.2, -0.15) is 0 Å². The normalized spacial score (nSPS) is 15.4. The SMILES string of the molecule is O=C1OC2(c3ccccc31)c1cc(I)c(O)c(Br)c1Oc1c2cc(I)c(O)c1Br. The number of aromatic hydroxyl groups is 2. The number of halogens is 4. The first-order valence-corrected chi connectivity index (χ1v) is 11.9. The van der Waals surface area contributed by atoms with Crippen LogP contribution in [0.5, 0.6) is 23.0 Å². The summed E-state index contributed by atoms with van der Waals surface area (Å²) in [4.78, 5) is 12.8. The van der Waals surface area contributed by atoms with Crippen molar-refractivity contribution in [3.8, 4) is 23.0 Å². The van der Waals surface area contributed by atoms with Gasteiger partial charge >= 0.3 is 5.97 Å². The summed E-state index contributed by atoms with van der Waals surface area (Å²) in [6.07, 6.45) is 0. The Morgan fingerprint density at radius 3 is 1.93 bits per heavy atom. The lowest BCUT2D eigenvalue weighted by Crippen LogP contribution is -2.33. The Kier molecular flexibility index (Phi) is 4.61. The van der Waals surface area contributed by atoms with Gasteiger partial charge in [-0.05, 0) is 95.2 Å². The van der Waals surface area contributed by atoms with Crippen molar-refractivity contribution in [2.45, 2.75) is 5.60 Å². The topological polar surface area (TPSA) is 76.0 Å². The molecule has 0 fully saturated rings. The summed E-state index contributed by atoms with van der Waals surface area (Å²) in [5.41, 5.74) is 1.04. The fraction of sp³-hybridized carbons (Fsp3) is 0.0500. The van der Waals surface area contributed by atoms with Crippen molar-refractivity contribution in [3.63, 3.8) is 0 Å². The number of esters is 1. The molecule has 9 heteroatoms. The van der Waals surface area contributed by atoms with E-state index in [4.69, 9.17) is 9.47 Å². The number of fused-ring (bicyclic) bond motifs is 6. The van der Waals surface area contributed by atoms with Crippen LogP contribution in [0.25, 0.3) is 0 Å². The third-order valence-electron chi connectivity index (χ3n) is 5.03. The highest BCUT2D eigenvalue weighted by Gasteiger charge is 2.55. The van der Waals surface area contributed by atoms with Crippen molar-refractivity contribution < 1.29 is 24.5 Å². The van der Waals surface area contributed by atoms with Crippen molar-refractivity contribution in [1.29, 1.82) is 0 Å². The van der Waals surface area contributed by atoms with Crippen LogP contribution in [0.15, 0.2) is 45.3 Å². The summed E-state index contributed by atoms with van der Waals surface area (Å²) in [6, 6.07) is 10.7. The van der Waals surface area contributed by atoms with Crippen molar-refractivity contribution in [1.82, 2.24) is 0 Å². The molecule has 0 saturated carbocycles. The van der Waals surface area contributed by atoms with Crippen LogP contribution in [0.4, 0.5) is 0 Å². The van der Waals surface area contributed by atoms with E-state index in [9.17, 15) is 15.0 Å². The maximum atomic E-state index is 12.8. The standard InChI is InChI=1S/C20H8Br2I2O5/c21-13-15(25)11(23)5-9-17(13)28-18-10(6-12(24)16(26)14(18)22)20(9)8-4-2-1-3-7(8)19(27)29-20/h1-6,25-26H. The second kappa shape index (κ2) is 6.72. The maximum absolute atomic E-state index is 12.8. The average Bonchev–Trinajstić information content (AvgIpc) is 3.00. The number of phenols is 2. The zero-order valence-electron chi connectivity index (χ0n) is 14.1. The maximum Gasteiger partial charge on any atom is 0.340 e. The van der Waals surface area contributed by atoms with Crippen molar-refractivity contribution in [2.24, 2.45) is 0 Å². The van der Waals surface area contributed by atoms with Crippen LogP contribution < -0.4 is 4.74 Å². The van der Waals surface area contributed by atoms with Crippen LogP contribution in [0.3, 0.4) is 0 Å². The van der Waals surface area contributed by atoms with Crippen LogP contribution in [0.1, 0.15) is 27.0 Å². The Morgan fingerprint density at radius 2 is 1.38 bits per heavy atom. The molecule has 2 aliphatic heterocycles. The minimum Gasteiger partial charge on any atom is -0.506 e. The fourth-order valence-corrected chi connectivity index (χ4v) is 6.69. The molecule has 2 N–H and O–H groups in total. The number of hydrogen-bond acceptors (Lipinski definition) is 5. The number of hydrogen-bond donors (Lipinski definition) is 2. The van der Waals surface area contributed by atoms with Gasteiger partial charge in [-0.25, -0.2) is 4.79 Å². The molecule has 5 nitrogen and oxygen atoms in total. The summed E-state index contributed by atoms with van der Waals surface area (Å²) < 4.78 is 14.1. The molecule has 0 aromatic heterocycles. The summed E-state index contributed by atoms with van der Waals surface area (Å²) >= 11 is 10.9. The van der Waals surface area contributed by atoms with Gasteiger partial charge in [0, 0.05) is 5.56 Å². The van der Waals surface area contributed by atoms with E-state index in [1.54, 1.807) is 24.3 Å². The van der Waals surface area contributed by atoms with Gasteiger partial charge in [0.2, 0.25) is 0 Å². The Balaban J connectivity index is 1.99. The molecule has 0 atom stereocenters. The number of benzene rings is 3. The molecular formula is C20H8Br2I2O5. The lowest BCUT2D eigenvalue weighted by atomic mass is 9.77. The largest absolute Gasteiger partial charge is 0.506 e. The van der Waals surface area contributed by atoms with E-state index in [0.29, 0.717) is 49.8 Å². The lowest BCUT2D eigenvalue weighted by molar-refractivity contribution is 0.0222. The minimum absolute atomic E-state index is 0.0198. The molecule has 0 saturated heterocycles. The third kappa shape index (κ3) is 2.56. The summed E-state index contributed by atoms with van der Waals surface area (Å²) in [5.74, 6) is 0.234. The van der Waals surface area contributed by atoms with Crippen LogP contribution in [0, 0.1) is 7.14 Å². The average molecular weight is 742 g/mol. The lowest BCUT2D eigenvalue weighted by Gasteiger charge is -2.37. The number of carbonyl (C=O) groups is 1. The molecule has 3 aromatic carbocycles. The molecule has 2 heterocycles. The van der Waals surface area contributed by atoms with Crippen molar-refractivity contribution in [3.05, 3.63) is 74.7 Å². The molecule has 0 aliphatic carbocycles. The van der Waals surface area contributed by atoms with Gasteiger partial charge in [-0.15, -0.1) is 0 Å². The summed E-state index contributed by atoms with van der Waals surface area (Å²) in [7, 11) is 0. The number of ether oxygens (including phenoxy) is 2. The Morgan fingerprint density at radius 1 is 0.862 bits per heavy atom. The number of carbonyl (C=O) groups excluding carboxylic acids is 1. The molecule has 0 radical (unpaired) electrons. The van der Waals surface area contributed by atoms with E-state index in [-0.39, 0.29) is 11.5 Å². The molecule has 3 aromatic rings. The predicted octanol–water partition coefficient (Wildman–Crippen LogP) is 6.40. The van der Waals surface area contributed by atoms with Gasteiger partial charge < -0.3 is 19.7 Å². The summed E-state index contributed by atoms with van der Waals surface area (Å²) in [5, 5.41) is 20.9. The highest BCUT2D eigenvalue weighted by molar-refractivity contribution is 14.1. The zero-order valence-corrected chi connectivity index (χ0v) is 21.6. The monoisotopic (exact) mass is 740 g/mol. The van der Waals surface area contributed by atoms with Gasteiger partial charge in [0.1, 0.15) is 20.4 Å². The molecule has 0 amide bonds. The van der Waals surface area contributed by atoms with E-state index in [1.807, 2.05) is 57.3 Å². The first kappa shape index (κ1) is 19.9. The van der Waals surface area contributed by atoms with E-state index >= 15 is 0 Å². The Labute approximate surface area is 208 Å². The number of rotatable bonds is 0. The van der Waals surface area contributed by atoms with Gasteiger partial charge in [-0.1, -0.05) is 18.2 Å². The predicted molar refractivity (Wildman–Crippen MR) is 129 cm³/mol. The smallest absolute Gasteiger partial charge is 0.340 e. The van der Waals surface area contributed by atoms with E-state index in [1.165, 1.54) is 0 Å². The molecular weight excluding hydrogens is 734 g/mol. The molecule has 1 spiro atoms. The van der Waals surface area contributed by atoms with E-state index in [2.05, 4.69) is 31.9 Å². The first-order chi connectivity index (χ1) is 13.8. The third-order valence-corrected chi connectivity index (χ3v) is 8.15. The number of phenolic OH excluding ortho intramolecular Hbond substituents is 2. The van der Waals surface area contributed by atoms with Gasteiger partial charge in [0.15, 0.2) is 17.1 Å². The molecule has 2 aliphatic rings. The Bertz CT molecular complexity index is 1190. The zero-order chi connectivity index (χ0) is 20.7. The minimum atomic E-state index is -1.27. The van der Waals surface area contributed by atoms with E-state index in [0.717, 1.165) is 0 Å². The molecule has 146 valence electrons. The molecule has 29 heavy (non-hydrogen) atoms. The van der Waals surface area contributed by atoms with Gasteiger partial charge in [0.25, 0.3) is 0 Å². The second-order valence-corrected chi connectivity index (χ2v) is 10.4. The quantitative estimate of drug-likeness (QED) is 0.206. The second-order valence-electron chi connectivity index (χ2n) is 6.51. The van der Waals surface area contributed by atoms with E-state index < -0.39 is 11.6 Å². The van der Waals surface area contributed by atoms with Gasteiger partial charge in [0.05, 0.1) is 23.8 Å². The van der Waals surface area contributed by atoms with Crippen LogP contribution in [-0.4, -0.2) is 16.2 Å². The Hall–Kier alpha value is -1.05. The van der Waals surface area contributed by atoms with Crippen molar-refractivity contribution in [2.75, 3.05) is 0 Å². The molecule has 5 rings (SSSR count). The van der Waals surface area contributed by atoms with Crippen molar-refractivity contribution >= 4 is 83.0 Å². The molecule has 0 bridgehead atoms. The fourth-order valence-electron chi connectivity index (χ4n) is 3.77. The van der Waals surface area contributed by atoms with Crippen LogP contribution in [-0.2, 0) is 10.3 Å². The van der Waals surface area contributed by atoms with Gasteiger partial charge in [-0.3, -0.25) is 0 Å². The first-order valence-electron chi connectivity index (χ1n) is 8.21.